The molecule has 4 fully saturated rings. The molecule has 0 bridgehead atoms. The lowest BCUT2D eigenvalue weighted by molar-refractivity contribution is -0.214. The van der Waals surface area contributed by atoms with Crippen LogP contribution in [0.4, 0.5) is 0 Å². The van der Waals surface area contributed by atoms with Crippen LogP contribution in [-0.2, 0) is 4.79 Å². The Balaban J connectivity index is 1.63. The van der Waals surface area contributed by atoms with E-state index < -0.39 is 0 Å². The molecular weight excluding hydrogens is 376 g/mol. The fourth-order valence-electron chi connectivity index (χ4n) is 10.5. The lowest BCUT2D eigenvalue weighted by Gasteiger charge is -2.72. The summed E-state index contributed by atoms with van der Waals surface area (Å²) < 4.78 is 0. The van der Waals surface area contributed by atoms with Crippen molar-refractivity contribution in [2.24, 2.45) is 56.2 Å². The molecule has 1 nitrogen and oxygen atoms in total. The van der Waals surface area contributed by atoms with Gasteiger partial charge in [0.1, 0.15) is 5.78 Å². The third-order valence-corrected chi connectivity index (χ3v) is 12.9. The molecule has 0 unspecified atom stereocenters. The number of carbonyl (C=O) groups is 1. The Hall–Kier alpha value is -0.590. The van der Waals surface area contributed by atoms with Crippen molar-refractivity contribution in [2.45, 2.75) is 113 Å². The standard InChI is InChI=1S/C30H48O/c1-20-10-9-11-22-27(5)15-17-29(7)23-19-25(2,3)12-13-26(23,4)14-16-30(29,8)24(27)21(31)18-28(20,22)6/h14,16,20,22-24H,9-13,15,17-19H2,1-8H3/t20-,22-,23+,24-,26+,27-,28+,29-,30+/m0/s1. The molecule has 5 rings (SSSR count). The van der Waals surface area contributed by atoms with E-state index in [1.807, 2.05) is 0 Å². The predicted octanol–water partition coefficient (Wildman–Crippen LogP) is 8.23. The Kier molecular flexibility index (Phi) is 4.51. The summed E-state index contributed by atoms with van der Waals surface area (Å²) >= 11 is 0. The SMILES string of the molecule is C[C@H]1CCC[C@@H]2[C@]1(C)CC(=O)[C@H]1[C@@]2(C)CC[C@@]2(C)[C@@H]3CC(C)(C)CC[C@]3(C)C=C[C@]12C. The number of fused-ring (bicyclic) bond motifs is 7. The minimum Gasteiger partial charge on any atom is -0.299 e. The van der Waals surface area contributed by atoms with Crippen LogP contribution in [0.25, 0.3) is 0 Å². The highest BCUT2D eigenvalue weighted by Gasteiger charge is 2.71. The summed E-state index contributed by atoms with van der Waals surface area (Å²) in [4.78, 5) is 14.2. The smallest absolute Gasteiger partial charge is 0.137 e. The van der Waals surface area contributed by atoms with Gasteiger partial charge in [0.15, 0.2) is 0 Å². The second kappa shape index (κ2) is 6.29. The van der Waals surface area contributed by atoms with Gasteiger partial charge in [-0.1, -0.05) is 80.4 Å². The third-order valence-electron chi connectivity index (χ3n) is 12.9. The van der Waals surface area contributed by atoms with Crippen molar-refractivity contribution in [1.82, 2.24) is 0 Å². The predicted molar refractivity (Wildman–Crippen MR) is 130 cm³/mol. The fourth-order valence-corrected chi connectivity index (χ4v) is 10.5. The molecule has 0 saturated heterocycles. The van der Waals surface area contributed by atoms with Crippen LogP contribution in [0.5, 0.6) is 0 Å². The van der Waals surface area contributed by atoms with Crippen molar-refractivity contribution in [2.75, 3.05) is 0 Å². The van der Waals surface area contributed by atoms with Gasteiger partial charge in [0.2, 0.25) is 0 Å². The first-order valence-corrected chi connectivity index (χ1v) is 13.5. The highest BCUT2D eigenvalue weighted by atomic mass is 16.1. The van der Waals surface area contributed by atoms with E-state index in [0.717, 1.165) is 6.42 Å². The maximum Gasteiger partial charge on any atom is 0.137 e. The molecule has 4 saturated carbocycles. The van der Waals surface area contributed by atoms with Gasteiger partial charge in [-0.15, -0.1) is 0 Å². The molecule has 0 aliphatic heterocycles. The quantitative estimate of drug-likeness (QED) is 0.358. The van der Waals surface area contributed by atoms with Crippen LogP contribution in [0.3, 0.4) is 0 Å². The number of carbonyl (C=O) groups excluding carboxylic acids is 1. The topological polar surface area (TPSA) is 17.1 Å². The molecule has 1 heteroatoms. The summed E-state index contributed by atoms with van der Waals surface area (Å²) in [6.07, 6.45) is 16.5. The molecule has 0 radical (unpaired) electrons. The van der Waals surface area contributed by atoms with Crippen molar-refractivity contribution in [3.05, 3.63) is 12.2 Å². The molecule has 0 aromatic heterocycles. The van der Waals surface area contributed by atoms with E-state index >= 15 is 0 Å². The number of Topliss-reactive ketones (excluding diaryl/α,β-unsaturated/α-hetero) is 1. The maximum absolute atomic E-state index is 14.2. The van der Waals surface area contributed by atoms with Crippen LogP contribution in [0.1, 0.15) is 113 Å². The van der Waals surface area contributed by atoms with Crippen molar-refractivity contribution < 1.29 is 4.79 Å². The third kappa shape index (κ3) is 2.64. The van der Waals surface area contributed by atoms with E-state index in [2.05, 4.69) is 67.5 Å². The van der Waals surface area contributed by atoms with Crippen LogP contribution in [0.2, 0.25) is 0 Å². The van der Waals surface area contributed by atoms with E-state index in [1.165, 1.54) is 51.4 Å². The van der Waals surface area contributed by atoms with Gasteiger partial charge >= 0.3 is 0 Å². The van der Waals surface area contributed by atoms with Gasteiger partial charge in [-0.25, -0.2) is 0 Å². The molecule has 31 heavy (non-hydrogen) atoms. The molecule has 0 amide bonds. The Morgan fingerprint density at radius 1 is 0.806 bits per heavy atom. The molecule has 0 N–H and O–H groups in total. The minimum atomic E-state index is -0.00328. The van der Waals surface area contributed by atoms with Gasteiger partial charge in [-0.05, 0) is 83.4 Å². The Bertz CT molecular complexity index is 822. The van der Waals surface area contributed by atoms with Gasteiger partial charge in [-0.2, -0.15) is 0 Å². The molecule has 0 aromatic carbocycles. The molecule has 0 heterocycles. The highest BCUT2D eigenvalue weighted by molar-refractivity contribution is 5.85. The largest absolute Gasteiger partial charge is 0.299 e. The molecular formula is C30H48O. The second-order valence-electron chi connectivity index (χ2n) is 14.9. The summed E-state index contributed by atoms with van der Waals surface area (Å²) in [5.41, 5.74) is 1.33. The van der Waals surface area contributed by atoms with Gasteiger partial charge in [0, 0.05) is 17.8 Å². The molecule has 0 aromatic rings. The average molecular weight is 425 g/mol. The van der Waals surface area contributed by atoms with E-state index in [1.54, 1.807) is 0 Å². The van der Waals surface area contributed by atoms with Crippen LogP contribution in [0.15, 0.2) is 12.2 Å². The number of ketones is 1. The van der Waals surface area contributed by atoms with Crippen molar-refractivity contribution in [3.8, 4) is 0 Å². The number of hydrogen-bond acceptors (Lipinski definition) is 1. The fraction of sp³-hybridized carbons (Fsp3) is 0.900. The Labute approximate surface area is 192 Å². The van der Waals surface area contributed by atoms with Gasteiger partial charge in [0.05, 0.1) is 0 Å². The Morgan fingerprint density at radius 2 is 1.52 bits per heavy atom. The first-order valence-electron chi connectivity index (χ1n) is 13.5. The maximum atomic E-state index is 14.2. The summed E-state index contributed by atoms with van der Waals surface area (Å²) in [6, 6.07) is 0. The van der Waals surface area contributed by atoms with Gasteiger partial charge in [0.25, 0.3) is 0 Å². The molecule has 9 atom stereocenters. The van der Waals surface area contributed by atoms with Crippen molar-refractivity contribution in [3.63, 3.8) is 0 Å². The van der Waals surface area contributed by atoms with Crippen LogP contribution < -0.4 is 0 Å². The first-order chi connectivity index (χ1) is 14.2. The van der Waals surface area contributed by atoms with Crippen LogP contribution in [-0.4, -0.2) is 5.78 Å². The van der Waals surface area contributed by atoms with E-state index in [0.29, 0.717) is 34.4 Å². The monoisotopic (exact) mass is 424 g/mol. The van der Waals surface area contributed by atoms with Crippen LogP contribution >= 0.6 is 0 Å². The van der Waals surface area contributed by atoms with Crippen molar-refractivity contribution >= 4 is 5.78 Å². The molecule has 0 spiro atoms. The highest BCUT2D eigenvalue weighted by Crippen LogP contribution is 2.76. The lowest BCUT2D eigenvalue weighted by atomic mass is 9.31. The van der Waals surface area contributed by atoms with E-state index in [9.17, 15) is 4.79 Å². The van der Waals surface area contributed by atoms with E-state index in [4.69, 9.17) is 0 Å². The minimum absolute atomic E-state index is 0.00328. The summed E-state index contributed by atoms with van der Waals surface area (Å²) in [5.74, 6) is 2.88. The summed E-state index contributed by atoms with van der Waals surface area (Å²) in [6.45, 7) is 20.1. The molecule has 5 aliphatic rings. The van der Waals surface area contributed by atoms with E-state index in [-0.39, 0.29) is 27.6 Å². The number of allylic oxidation sites excluding steroid dienone is 2. The molecule has 5 aliphatic carbocycles. The second-order valence-corrected chi connectivity index (χ2v) is 14.9. The zero-order chi connectivity index (χ0) is 22.7. The van der Waals surface area contributed by atoms with Gasteiger partial charge in [-0.3, -0.25) is 4.79 Å². The number of rotatable bonds is 0. The zero-order valence-corrected chi connectivity index (χ0v) is 21.7. The lowest BCUT2D eigenvalue weighted by Crippen LogP contribution is -2.68. The zero-order valence-electron chi connectivity index (χ0n) is 21.7. The van der Waals surface area contributed by atoms with Crippen LogP contribution in [0, 0.1) is 56.2 Å². The normalized spacial score (nSPS) is 58.0. The number of hydrogen-bond donors (Lipinski definition) is 0. The van der Waals surface area contributed by atoms with Crippen molar-refractivity contribution in [1.29, 1.82) is 0 Å². The Morgan fingerprint density at radius 3 is 2.23 bits per heavy atom. The van der Waals surface area contributed by atoms with Gasteiger partial charge < -0.3 is 0 Å². The summed E-state index contributed by atoms with van der Waals surface area (Å²) in [7, 11) is 0. The molecule has 174 valence electrons. The summed E-state index contributed by atoms with van der Waals surface area (Å²) in [5, 5.41) is 0. The average Bonchev–Trinajstić information content (AvgIpc) is 2.67. The first kappa shape index (κ1) is 22.2.